The lowest BCUT2D eigenvalue weighted by molar-refractivity contribution is 1.47. The normalized spacial score (nSPS) is 12.0. The van der Waals surface area contributed by atoms with E-state index in [4.69, 9.17) is 0 Å². The van der Waals surface area contributed by atoms with E-state index < -0.39 is 0 Å². The fourth-order valence-corrected chi connectivity index (χ4v) is 3.37. The number of aryl methyl sites for hydroxylation is 1. The Kier molecular flexibility index (Phi) is 1.92. The van der Waals surface area contributed by atoms with Crippen molar-refractivity contribution in [3.8, 4) is 0 Å². The van der Waals surface area contributed by atoms with Crippen LogP contribution in [-0.4, -0.2) is 9.97 Å². The molecule has 3 aromatic carbocycles. The van der Waals surface area contributed by atoms with E-state index in [1.807, 2.05) is 0 Å². The average molecular weight is 270 g/mol. The first-order valence-electron chi connectivity index (χ1n) is 7.22. The molecule has 2 nitrogen and oxygen atoms in total. The molecule has 2 aromatic heterocycles. The molecule has 2 N–H and O–H groups in total. The predicted molar refractivity (Wildman–Crippen MR) is 89.9 cm³/mol. The summed E-state index contributed by atoms with van der Waals surface area (Å²) in [5.41, 5.74) is 6.09. The highest BCUT2D eigenvalue weighted by Gasteiger charge is 2.09. The summed E-state index contributed by atoms with van der Waals surface area (Å²) < 4.78 is 0. The van der Waals surface area contributed by atoms with Gasteiger partial charge >= 0.3 is 0 Å². The minimum Gasteiger partial charge on any atom is -0.354 e. The lowest BCUT2D eigenvalue weighted by Crippen LogP contribution is -1.71. The SMILES string of the molecule is Cc1ccc2c(c1)[nH]c1cc3c(cc12)[nH]c1ccccc13. The fraction of sp³-hybridized carbons (Fsp3) is 0.0526. The Labute approximate surface area is 121 Å². The van der Waals surface area contributed by atoms with E-state index in [-0.39, 0.29) is 0 Å². The summed E-state index contributed by atoms with van der Waals surface area (Å²) in [6.45, 7) is 2.13. The number of para-hydroxylation sites is 1. The lowest BCUT2D eigenvalue weighted by Gasteiger charge is -1.94. The van der Waals surface area contributed by atoms with Gasteiger partial charge in [-0.15, -0.1) is 0 Å². The van der Waals surface area contributed by atoms with Crippen LogP contribution in [0.4, 0.5) is 0 Å². The first kappa shape index (κ1) is 11.0. The number of aromatic nitrogens is 2. The van der Waals surface area contributed by atoms with Crippen molar-refractivity contribution in [3.05, 3.63) is 60.2 Å². The first-order valence-corrected chi connectivity index (χ1v) is 7.22. The largest absolute Gasteiger partial charge is 0.354 e. The van der Waals surface area contributed by atoms with Crippen LogP contribution >= 0.6 is 0 Å². The summed E-state index contributed by atoms with van der Waals surface area (Å²) in [5, 5.41) is 5.13. The summed E-state index contributed by atoms with van der Waals surface area (Å²) in [5.74, 6) is 0. The standard InChI is InChI=1S/C19H14N2/c1-11-6-7-13-15-10-18-14(9-19(15)21-17(13)8-11)12-4-2-3-5-16(12)20-18/h2-10,20-21H,1H3. The summed E-state index contributed by atoms with van der Waals surface area (Å²) in [7, 11) is 0. The van der Waals surface area contributed by atoms with Gasteiger partial charge in [0.25, 0.3) is 0 Å². The van der Waals surface area contributed by atoms with Crippen molar-refractivity contribution >= 4 is 43.6 Å². The molecule has 2 heterocycles. The highest BCUT2D eigenvalue weighted by molar-refractivity contribution is 6.17. The van der Waals surface area contributed by atoms with E-state index in [1.54, 1.807) is 0 Å². The second kappa shape index (κ2) is 3.67. The molecule has 0 aliphatic rings. The van der Waals surface area contributed by atoms with Gasteiger partial charge in [-0.1, -0.05) is 30.3 Å². The average Bonchev–Trinajstić information content (AvgIpc) is 3.01. The molecule has 0 amide bonds. The van der Waals surface area contributed by atoms with E-state index in [0.29, 0.717) is 0 Å². The molecule has 0 fully saturated rings. The van der Waals surface area contributed by atoms with E-state index in [2.05, 4.69) is 71.5 Å². The maximum Gasteiger partial charge on any atom is 0.0472 e. The van der Waals surface area contributed by atoms with Gasteiger partial charge in [0.15, 0.2) is 0 Å². The van der Waals surface area contributed by atoms with Gasteiger partial charge in [-0.2, -0.15) is 0 Å². The molecule has 21 heavy (non-hydrogen) atoms. The van der Waals surface area contributed by atoms with Crippen LogP contribution in [0.15, 0.2) is 54.6 Å². The molecule has 5 rings (SSSR count). The molecule has 2 heteroatoms. The van der Waals surface area contributed by atoms with Crippen molar-refractivity contribution in [3.63, 3.8) is 0 Å². The number of aromatic amines is 2. The molecule has 0 saturated heterocycles. The maximum atomic E-state index is 3.55. The van der Waals surface area contributed by atoms with Crippen LogP contribution in [0, 0.1) is 6.92 Å². The van der Waals surface area contributed by atoms with Gasteiger partial charge in [0, 0.05) is 43.6 Å². The second-order valence-electron chi connectivity index (χ2n) is 5.79. The predicted octanol–water partition coefficient (Wildman–Crippen LogP) is 5.26. The van der Waals surface area contributed by atoms with Crippen molar-refractivity contribution < 1.29 is 0 Å². The van der Waals surface area contributed by atoms with Crippen LogP contribution in [0.5, 0.6) is 0 Å². The van der Waals surface area contributed by atoms with E-state index in [0.717, 1.165) is 0 Å². The van der Waals surface area contributed by atoms with Gasteiger partial charge in [0.05, 0.1) is 0 Å². The zero-order valence-electron chi connectivity index (χ0n) is 11.7. The molecular weight excluding hydrogens is 256 g/mol. The van der Waals surface area contributed by atoms with Crippen molar-refractivity contribution in [2.45, 2.75) is 6.92 Å². The smallest absolute Gasteiger partial charge is 0.0472 e. The highest BCUT2D eigenvalue weighted by Crippen LogP contribution is 2.33. The fourth-order valence-electron chi connectivity index (χ4n) is 3.37. The highest BCUT2D eigenvalue weighted by atomic mass is 14.7. The molecule has 100 valence electrons. The van der Waals surface area contributed by atoms with Gasteiger partial charge in [-0.25, -0.2) is 0 Å². The number of hydrogen-bond acceptors (Lipinski definition) is 0. The van der Waals surface area contributed by atoms with Crippen LogP contribution in [0.2, 0.25) is 0 Å². The van der Waals surface area contributed by atoms with Gasteiger partial charge in [0.1, 0.15) is 0 Å². The number of rotatable bonds is 0. The van der Waals surface area contributed by atoms with Crippen LogP contribution < -0.4 is 0 Å². The number of H-pyrrole nitrogens is 2. The minimum absolute atomic E-state index is 1.19. The topological polar surface area (TPSA) is 31.6 Å². The van der Waals surface area contributed by atoms with Gasteiger partial charge < -0.3 is 9.97 Å². The molecule has 0 bridgehead atoms. The van der Waals surface area contributed by atoms with Crippen LogP contribution in [0.1, 0.15) is 5.56 Å². The molecule has 0 aliphatic carbocycles. The maximum absolute atomic E-state index is 3.55. The summed E-state index contributed by atoms with van der Waals surface area (Å²) in [6, 6.07) is 19.6. The molecule has 0 spiro atoms. The molecule has 0 aliphatic heterocycles. The zero-order chi connectivity index (χ0) is 14.0. The molecule has 0 atom stereocenters. The summed E-state index contributed by atoms with van der Waals surface area (Å²) in [4.78, 5) is 7.07. The third-order valence-corrected chi connectivity index (χ3v) is 4.38. The van der Waals surface area contributed by atoms with Crippen molar-refractivity contribution in [2.75, 3.05) is 0 Å². The Balaban J connectivity index is 2.00. The Bertz CT molecular complexity index is 1140. The van der Waals surface area contributed by atoms with Crippen LogP contribution in [0.3, 0.4) is 0 Å². The molecular formula is C19H14N2. The number of nitrogens with one attached hydrogen (secondary N) is 2. The quantitative estimate of drug-likeness (QED) is 0.384. The van der Waals surface area contributed by atoms with Crippen LogP contribution in [0.25, 0.3) is 43.6 Å². The number of benzene rings is 3. The summed E-state index contributed by atoms with van der Waals surface area (Å²) in [6.07, 6.45) is 0. The van der Waals surface area contributed by atoms with E-state index >= 15 is 0 Å². The lowest BCUT2D eigenvalue weighted by atomic mass is 10.1. The Morgan fingerprint density at radius 1 is 0.571 bits per heavy atom. The van der Waals surface area contributed by atoms with Crippen LogP contribution in [-0.2, 0) is 0 Å². The number of hydrogen-bond donors (Lipinski definition) is 2. The Morgan fingerprint density at radius 3 is 2.00 bits per heavy atom. The monoisotopic (exact) mass is 270 g/mol. The minimum atomic E-state index is 1.19. The number of fused-ring (bicyclic) bond motifs is 6. The Hall–Kier alpha value is -2.74. The second-order valence-corrected chi connectivity index (χ2v) is 5.79. The van der Waals surface area contributed by atoms with E-state index in [1.165, 1.54) is 49.2 Å². The molecule has 0 saturated carbocycles. The summed E-state index contributed by atoms with van der Waals surface area (Å²) >= 11 is 0. The Morgan fingerprint density at radius 2 is 1.19 bits per heavy atom. The van der Waals surface area contributed by atoms with Gasteiger partial charge in [-0.05, 0) is 36.8 Å². The molecule has 0 radical (unpaired) electrons. The molecule has 5 aromatic rings. The van der Waals surface area contributed by atoms with Crippen molar-refractivity contribution in [1.82, 2.24) is 9.97 Å². The van der Waals surface area contributed by atoms with Crippen molar-refractivity contribution in [2.24, 2.45) is 0 Å². The van der Waals surface area contributed by atoms with E-state index in [9.17, 15) is 0 Å². The first-order chi connectivity index (χ1) is 10.3. The third kappa shape index (κ3) is 1.42. The van der Waals surface area contributed by atoms with Gasteiger partial charge in [0.2, 0.25) is 0 Å². The van der Waals surface area contributed by atoms with Gasteiger partial charge in [-0.3, -0.25) is 0 Å². The zero-order valence-corrected chi connectivity index (χ0v) is 11.7. The molecule has 0 unspecified atom stereocenters. The van der Waals surface area contributed by atoms with Crippen molar-refractivity contribution in [1.29, 1.82) is 0 Å². The third-order valence-electron chi connectivity index (χ3n) is 4.38.